The maximum Gasteiger partial charge on any atom is 0.325 e. The lowest BCUT2D eigenvalue weighted by molar-refractivity contribution is -0.140. The molecule has 0 aliphatic heterocycles. The van der Waals surface area contributed by atoms with E-state index in [0.29, 0.717) is 0 Å². The standard InChI is InChI=1S/C15H17N3O3/c1-9-4-10(2)6-13(5-9)17-8-12(7-16)14(19)18-11(3)15(20)21/h4-6,8,11,17H,1-3H3,(H,18,19)(H,20,21)/b12-8-. The number of carbonyl (C=O) groups is 2. The Labute approximate surface area is 123 Å². The van der Waals surface area contributed by atoms with Crippen molar-refractivity contribution in [1.29, 1.82) is 5.26 Å². The highest BCUT2D eigenvalue weighted by Crippen LogP contribution is 2.14. The van der Waals surface area contributed by atoms with Crippen molar-refractivity contribution >= 4 is 17.6 Å². The SMILES string of the molecule is Cc1cc(C)cc(N/C=C(/C#N)C(=O)NC(C)C(=O)O)c1. The minimum absolute atomic E-state index is 0.192. The maximum atomic E-state index is 11.7. The van der Waals surface area contributed by atoms with Gasteiger partial charge in [-0.1, -0.05) is 6.07 Å². The van der Waals surface area contributed by atoms with Crippen LogP contribution in [-0.4, -0.2) is 23.0 Å². The average Bonchev–Trinajstić information content (AvgIpc) is 2.38. The van der Waals surface area contributed by atoms with Gasteiger partial charge < -0.3 is 15.7 Å². The van der Waals surface area contributed by atoms with E-state index in [4.69, 9.17) is 10.4 Å². The molecule has 0 fully saturated rings. The summed E-state index contributed by atoms with van der Waals surface area (Å²) >= 11 is 0. The average molecular weight is 287 g/mol. The van der Waals surface area contributed by atoms with Crippen molar-refractivity contribution in [2.75, 3.05) is 5.32 Å². The van der Waals surface area contributed by atoms with Gasteiger partial charge >= 0.3 is 5.97 Å². The van der Waals surface area contributed by atoms with Crippen LogP contribution in [0.4, 0.5) is 5.69 Å². The third-order valence-corrected chi connectivity index (χ3v) is 2.69. The molecule has 21 heavy (non-hydrogen) atoms. The van der Waals surface area contributed by atoms with Gasteiger partial charge in [-0.15, -0.1) is 0 Å². The number of amides is 1. The lowest BCUT2D eigenvalue weighted by atomic mass is 10.1. The minimum Gasteiger partial charge on any atom is -0.480 e. The lowest BCUT2D eigenvalue weighted by Crippen LogP contribution is -2.39. The summed E-state index contributed by atoms with van der Waals surface area (Å²) in [6.07, 6.45) is 1.26. The molecule has 1 amide bonds. The van der Waals surface area contributed by atoms with Crippen molar-refractivity contribution in [3.8, 4) is 6.07 Å². The highest BCUT2D eigenvalue weighted by molar-refractivity contribution is 5.99. The number of anilines is 1. The van der Waals surface area contributed by atoms with Crippen molar-refractivity contribution in [2.45, 2.75) is 26.8 Å². The molecule has 1 aromatic rings. The van der Waals surface area contributed by atoms with Crippen molar-refractivity contribution in [2.24, 2.45) is 0 Å². The monoisotopic (exact) mass is 287 g/mol. The molecule has 1 atom stereocenters. The molecule has 6 heteroatoms. The molecular formula is C15H17N3O3. The van der Waals surface area contributed by atoms with Crippen LogP contribution in [0.1, 0.15) is 18.1 Å². The van der Waals surface area contributed by atoms with E-state index < -0.39 is 17.9 Å². The van der Waals surface area contributed by atoms with Gasteiger partial charge in [-0.05, 0) is 44.0 Å². The number of hydrogen-bond donors (Lipinski definition) is 3. The minimum atomic E-state index is -1.16. The van der Waals surface area contributed by atoms with E-state index in [0.717, 1.165) is 16.8 Å². The van der Waals surface area contributed by atoms with Gasteiger partial charge in [0.2, 0.25) is 0 Å². The van der Waals surface area contributed by atoms with Crippen LogP contribution in [0, 0.1) is 25.2 Å². The van der Waals surface area contributed by atoms with Gasteiger partial charge in [0.25, 0.3) is 5.91 Å². The van der Waals surface area contributed by atoms with Crippen LogP contribution >= 0.6 is 0 Å². The molecule has 110 valence electrons. The number of carbonyl (C=O) groups excluding carboxylic acids is 1. The summed E-state index contributed by atoms with van der Waals surface area (Å²) in [7, 11) is 0. The molecule has 1 unspecified atom stereocenters. The first-order valence-corrected chi connectivity index (χ1v) is 6.32. The Hall–Kier alpha value is -2.81. The molecule has 0 saturated heterocycles. The van der Waals surface area contributed by atoms with E-state index >= 15 is 0 Å². The highest BCUT2D eigenvalue weighted by atomic mass is 16.4. The first-order valence-electron chi connectivity index (χ1n) is 6.32. The molecule has 6 nitrogen and oxygen atoms in total. The van der Waals surface area contributed by atoms with Crippen LogP contribution in [0.3, 0.4) is 0 Å². The van der Waals surface area contributed by atoms with E-state index in [-0.39, 0.29) is 5.57 Å². The molecular weight excluding hydrogens is 270 g/mol. The summed E-state index contributed by atoms with van der Waals surface area (Å²) in [6, 6.07) is 6.42. The lowest BCUT2D eigenvalue weighted by Gasteiger charge is -2.09. The van der Waals surface area contributed by atoms with Crippen LogP contribution in [0.2, 0.25) is 0 Å². The summed E-state index contributed by atoms with van der Waals surface area (Å²) in [5.74, 6) is -1.90. The first-order chi connectivity index (χ1) is 9.83. The van der Waals surface area contributed by atoms with E-state index in [1.807, 2.05) is 32.0 Å². The number of carboxylic acid groups (broad SMARTS) is 1. The molecule has 1 aromatic carbocycles. The summed E-state index contributed by atoms with van der Waals surface area (Å²) in [4.78, 5) is 22.4. The Morgan fingerprint density at radius 2 is 1.86 bits per heavy atom. The number of rotatable bonds is 5. The smallest absolute Gasteiger partial charge is 0.325 e. The molecule has 0 heterocycles. The predicted octanol–water partition coefficient (Wildman–Crippen LogP) is 1.71. The number of nitrogens with zero attached hydrogens (tertiary/aromatic N) is 1. The van der Waals surface area contributed by atoms with E-state index in [1.165, 1.54) is 13.1 Å². The van der Waals surface area contributed by atoms with Crippen molar-refractivity contribution < 1.29 is 14.7 Å². The van der Waals surface area contributed by atoms with Crippen molar-refractivity contribution in [3.63, 3.8) is 0 Å². The van der Waals surface area contributed by atoms with Crippen LogP contribution in [0.5, 0.6) is 0 Å². The second-order valence-corrected chi connectivity index (χ2v) is 4.72. The number of benzene rings is 1. The van der Waals surface area contributed by atoms with Crippen LogP contribution in [-0.2, 0) is 9.59 Å². The second-order valence-electron chi connectivity index (χ2n) is 4.72. The van der Waals surface area contributed by atoms with Gasteiger partial charge in [-0.3, -0.25) is 9.59 Å². The largest absolute Gasteiger partial charge is 0.480 e. The van der Waals surface area contributed by atoms with Gasteiger partial charge in [0.05, 0.1) is 0 Å². The molecule has 3 N–H and O–H groups in total. The fraction of sp³-hybridized carbons (Fsp3) is 0.267. The van der Waals surface area contributed by atoms with E-state index in [2.05, 4.69) is 10.6 Å². The van der Waals surface area contributed by atoms with E-state index in [1.54, 1.807) is 6.07 Å². The fourth-order valence-electron chi connectivity index (χ4n) is 1.70. The Morgan fingerprint density at radius 3 is 2.33 bits per heavy atom. The molecule has 0 aliphatic carbocycles. The van der Waals surface area contributed by atoms with Crippen LogP contribution < -0.4 is 10.6 Å². The molecule has 1 rings (SSSR count). The fourth-order valence-corrected chi connectivity index (χ4v) is 1.70. The molecule has 0 saturated carbocycles. The molecule has 0 aromatic heterocycles. The number of carboxylic acids is 1. The topological polar surface area (TPSA) is 102 Å². The third-order valence-electron chi connectivity index (χ3n) is 2.69. The predicted molar refractivity (Wildman–Crippen MR) is 78.5 cm³/mol. The summed E-state index contributed by atoms with van der Waals surface area (Å²) < 4.78 is 0. The van der Waals surface area contributed by atoms with Gasteiger partial charge in [0.15, 0.2) is 0 Å². The normalized spacial score (nSPS) is 12.2. The van der Waals surface area contributed by atoms with Crippen molar-refractivity contribution in [1.82, 2.24) is 5.32 Å². The van der Waals surface area contributed by atoms with Gasteiger partial charge in [-0.2, -0.15) is 5.26 Å². The molecule has 0 bridgehead atoms. The molecule has 0 spiro atoms. The summed E-state index contributed by atoms with van der Waals surface area (Å²) in [5, 5.41) is 22.8. The number of nitrogens with one attached hydrogen (secondary N) is 2. The zero-order chi connectivity index (χ0) is 16.0. The van der Waals surface area contributed by atoms with Crippen LogP contribution in [0.15, 0.2) is 30.0 Å². The summed E-state index contributed by atoms with van der Waals surface area (Å²) in [6.45, 7) is 5.20. The number of aliphatic carboxylic acids is 1. The zero-order valence-electron chi connectivity index (χ0n) is 12.1. The van der Waals surface area contributed by atoms with Crippen LogP contribution in [0.25, 0.3) is 0 Å². The Kier molecular flexibility index (Phi) is 5.49. The van der Waals surface area contributed by atoms with Crippen molar-refractivity contribution in [3.05, 3.63) is 41.1 Å². The zero-order valence-corrected chi connectivity index (χ0v) is 12.1. The number of nitriles is 1. The van der Waals surface area contributed by atoms with Gasteiger partial charge in [-0.25, -0.2) is 0 Å². The second kappa shape index (κ2) is 7.10. The highest BCUT2D eigenvalue weighted by Gasteiger charge is 2.16. The molecule has 0 radical (unpaired) electrons. The number of hydrogen-bond acceptors (Lipinski definition) is 4. The molecule has 0 aliphatic rings. The maximum absolute atomic E-state index is 11.7. The Balaban J connectivity index is 2.82. The van der Waals surface area contributed by atoms with Gasteiger partial charge in [0, 0.05) is 11.9 Å². The first kappa shape index (κ1) is 16.2. The number of aryl methyl sites for hydroxylation is 2. The third kappa shape index (κ3) is 4.99. The van der Waals surface area contributed by atoms with Gasteiger partial charge in [0.1, 0.15) is 17.7 Å². The quantitative estimate of drug-likeness (QED) is 0.565. The Bertz CT molecular complexity index is 609. The van der Waals surface area contributed by atoms with E-state index in [9.17, 15) is 9.59 Å². The Morgan fingerprint density at radius 1 is 1.29 bits per heavy atom. The summed E-state index contributed by atoms with van der Waals surface area (Å²) in [5.41, 5.74) is 2.66.